The Morgan fingerprint density at radius 1 is 1.00 bits per heavy atom. The van der Waals surface area contributed by atoms with Crippen molar-refractivity contribution in [3.63, 3.8) is 0 Å². The number of unbranched alkanes of at least 4 members (excludes halogenated alkanes) is 1. The minimum Gasteiger partial charge on any atom is -0.469 e. The standard InChI is InChI=1S/C23H24ClNO5S/c24-21-15-18(11-12-19-10-6-14-29-19)20(16-22(21)31(25,27)28)23(26)30-13-5-4-9-17-7-2-1-3-8-17/h1-3,6-8,10,14-16H,4-5,9,11-13H2,(H2,25,27,28). The van der Waals surface area contributed by atoms with E-state index in [9.17, 15) is 13.2 Å². The Kier molecular flexibility index (Phi) is 7.90. The summed E-state index contributed by atoms with van der Waals surface area (Å²) < 4.78 is 34.4. The first-order valence-electron chi connectivity index (χ1n) is 9.93. The van der Waals surface area contributed by atoms with E-state index in [1.165, 1.54) is 17.7 Å². The van der Waals surface area contributed by atoms with E-state index in [0.29, 0.717) is 24.8 Å². The second kappa shape index (κ2) is 10.6. The zero-order valence-corrected chi connectivity index (χ0v) is 18.5. The lowest BCUT2D eigenvalue weighted by molar-refractivity contribution is 0.0497. The van der Waals surface area contributed by atoms with Crippen LogP contribution in [-0.2, 0) is 34.0 Å². The molecule has 0 atom stereocenters. The number of hydrogen-bond acceptors (Lipinski definition) is 5. The van der Waals surface area contributed by atoms with Gasteiger partial charge in [0.1, 0.15) is 10.7 Å². The van der Waals surface area contributed by atoms with E-state index in [0.717, 1.165) is 18.6 Å². The van der Waals surface area contributed by atoms with Crippen molar-refractivity contribution in [2.24, 2.45) is 5.14 Å². The molecular formula is C23H24ClNO5S. The molecule has 3 aromatic rings. The maximum atomic E-state index is 12.7. The minimum absolute atomic E-state index is 0.0312. The van der Waals surface area contributed by atoms with Crippen LogP contribution in [0, 0.1) is 0 Å². The molecular weight excluding hydrogens is 438 g/mol. The lowest BCUT2D eigenvalue weighted by atomic mass is 10.0. The number of furan rings is 1. The monoisotopic (exact) mass is 461 g/mol. The third-order valence-electron chi connectivity index (χ3n) is 4.84. The molecule has 1 aromatic heterocycles. The maximum absolute atomic E-state index is 12.7. The van der Waals surface area contributed by atoms with Gasteiger partial charge >= 0.3 is 5.97 Å². The second-order valence-electron chi connectivity index (χ2n) is 7.14. The van der Waals surface area contributed by atoms with Crippen LogP contribution < -0.4 is 5.14 Å². The summed E-state index contributed by atoms with van der Waals surface area (Å²) in [5.74, 6) is 0.141. The van der Waals surface area contributed by atoms with Crippen molar-refractivity contribution in [1.82, 2.24) is 0 Å². The summed E-state index contributed by atoms with van der Waals surface area (Å²) in [6.07, 6.45) is 4.97. The van der Waals surface area contributed by atoms with Gasteiger partial charge in [0.2, 0.25) is 10.0 Å². The van der Waals surface area contributed by atoms with Crippen molar-refractivity contribution in [1.29, 1.82) is 0 Å². The first-order valence-corrected chi connectivity index (χ1v) is 11.9. The highest BCUT2D eigenvalue weighted by atomic mass is 35.5. The van der Waals surface area contributed by atoms with Crippen molar-refractivity contribution in [2.45, 2.75) is 37.0 Å². The number of sulfonamides is 1. The summed E-state index contributed by atoms with van der Waals surface area (Å²) in [6.45, 7) is 0.233. The van der Waals surface area contributed by atoms with E-state index in [1.807, 2.05) is 24.3 Å². The summed E-state index contributed by atoms with van der Waals surface area (Å²) in [7, 11) is -4.08. The molecule has 2 aromatic carbocycles. The first kappa shape index (κ1) is 23.1. The highest BCUT2D eigenvalue weighted by Crippen LogP contribution is 2.27. The van der Waals surface area contributed by atoms with Gasteiger partial charge in [-0.3, -0.25) is 0 Å². The average molecular weight is 462 g/mol. The third kappa shape index (κ3) is 6.69. The molecule has 31 heavy (non-hydrogen) atoms. The van der Waals surface area contributed by atoms with Gasteiger partial charge in [-0.2, -0.15) is 0 Å². The maximum Gasteiger partial charge on any atom is 0.338 e. The molecule has 0 aliphatic heterocycles. The summed E-state index contributed by atoms with van der Waals surface area (Å²) >= 11 is 6.12. The number of carbonyl (C=O) groups is 1. The third-order valence-corrected chi connectivity index (χ3v) is 6.22. The van der Waals surface area contributed by atoms with E-state index >= 15 is 0 Å². The molecule has 0 aliphatic rings. The van der Waals surface area contributed by atoms with Crippen LogP contribution in [0.3, 0.4) is 0 Å². The van der Waals surface area contributed by atoms with E-state index in [1.54, 1.807) is 12.3 Å². The number of halogens is 1. The molecule has 0 radical (unpaired) electrons. The van der Waals surface area contributed by atoms with Gasteiger partial charge in [-0.05, 0) is 61.1 Å². The van der Waals surface area contributed by atoms with Crippen LogP contribution in [0.5, 0.6) is 0 Å². The van der Waals surface area contributed by atoms with Crippen LogP contribution in [0.4, 0.5) is 0 Å². The Bertz CT molecular complexity index is 1110. The Labute approximate surface area is 187 Å². The molecule has 0 bridgehead atoms. The van der Waals surface area contributed by atoms with Gasteiger partial charge in [0.05, 0.1) is 23.5 Å². The molecule has 0 spiro atoms. The van der Waals surface area contributed by atoms with Gasteiger partial charge < -0.3 is 9.15 Å². The summed E-state index contributed by atoms with van der Waals surface area (Å²) in [5.41, 5.74) is 1.94. The Balaban J connectivity index is 1.67. The zero-order valence-electron chi connectivity index (χ0n) is 16.9. The van der Waals surface area contributed by atoms with E-state index in [2.05, 4.69) is 12.1 Å². The highest BCUT2D eigenvalue weighted by Gasteiger charge is 2.21. The Morgan fingerprint density at radius 3 is 2.45 bits per heavy atom. The lowest BCUT2D eigenvalue weighted by Gasteiger charge is -2.12. The normalized spacial score (nSPS) is 11.4. The molecule has 0 aliphatic carbocycles. The molecule has 164 valence electrons. The SMILES string of the molecule is NS(=O)(=O)c1cc(C(=O)OCCCCc2ccccc2)c(CCc2ccco2)cc1Cl. The topological polar surface area (TPSA) is 99.6 Å². The summed E-state index contributed by atoms with van der Waals surface area (Å²) in [6, 6.07) is 16.3. The number of esters is 1. The number of ether oxygens (including phenoxy) is 1. The predicted octanol–water partition coefficient (Wildman–Crippen LogP) is 4.55. The van der Waals surface area contributed by atoms with Gasteiger partial charge in [0.25, 0.3) is 0 Å². The van der Waals surface area contributed by atoms with Crippen molar-refractivity contribution in [3.8, 4) is 0 Å². The van der Waals surface area contributed by atoms with Crippen molar-refractivity contribution in [3.05, 3.63) is 88.3 Å². The van der Waals surface area contributed by atoms with E-state index < -0.39 is 16.0 Å². The molecule has 3 rings (SSSR count). The first-order chi connectivity index (χ1) is 14.8. The van der Waals surface area contributed by atoms with Crippen molar-refractivity contribution in [2.75, 3.05) is 6.61 Å². The van der Waals surface area contributed by atoms with Gasteiger partial charge in [-0.25, -0.2) is 18.4 Å². The minimum atomic E-state index is -4.08. The molecule has 0 fully saturated rings. The zero-order chi connectivity index (χ0) is 22.3. The molecule has 0 amide bonds. The lowest BCUT2D eigenvalue weighted by Crippen LogP contribution is -2.16. The largest absolute Gasteiger partial charge is 0.469 e. The fraction of sp³-hybridized carbons (Fsp3) is 0.261. The highest BCUT2D eigenvalue weighted by molar-refractivity contribution is 7.89. The molecule has 0 saturated carbocycles. The van der Waals surface area contributed by atoms with Gasteiger partial charge in [0, 0.05) is 6.42 Å². The average Bonchev–Trinajstić information content (AvgIpc) is 3.25. The molecule has 8 heteroatoms. The predicted molar refractivity (Wildman–Crippen MR) is 119 cm³/mol. The summed E-state index contributed by atoms with van der Waals surface area (Å²) in [4.78, 5) is 12.4. The van der Waals surface area contributed by atoms with Gasteiger partial charge in [0.15, 0.2) is 0 Å². The number of hydrogen-bond donors (Lipinski definition) is 1. The van der Waals surface area contributed by atoms with E-state index in [4.69, 9.17) is 25.9 Å². The van der Waals surface area contributed by atoms with Crippen LogP contribution in [0.1, 0.15) is 40.1 Å². The molecule has 0 saturated heterocycles. The van der Waals surface area contributed by atoms with Crippen LogP contribution >= 0.6 is 11.6 Å². The van der Waals surface area contributed by atoms with Crippen LogP contribution in [0.2, 0.25) is 5.02 Å². The summed E-state index contributed by atoms with van der Waals surface area (Å²) in [5, 5.41) is 5.21. The smallest absolute Gasteiger partial charge is 0.338 e. The number of benzene rings is 2. The Morgan fingerprint density at radius 2 is 1.77 bits per heavy atom. The second-order valence-corrected chi connectivity index (χ2v) is 9.08. The molecule has 0 unspecified atom stereocenters. The number of rotatable bonds is 10. The van der Waals surface area contributed by atoms with Crippen molar-refractivity contribution >= 4 is 27.6 Å². The number of carbonyl (C=O) groups excluding carboxylic acids is 1. The molecule has 6 nitrogen and oxygen atoms in total. The fourth-order valence-electron chi connectivity index (χ4n) is 3.24. The number of nitrogens with two attached hydrogens (primary N) is 1. The number of aryl methyl sites for hydroxylation is 3. The molecule has 2 N–H and O–H groups in total. The van der Waals surface area contributed by atoms with Crippen LogP contribution in [-0.4, -0.2) is 21.0 Å². The van der Waals surface area contributed by atoms with Crippen molar-refractivity contribution < 1.29 is 22.4 Å². The fourth-order valence-corrected chi connectivity index (χ4v) is 4.36. The van der Waals surface area contributed by atoms with Gasteiger partial charge in [-0.1, -0.05) is 41.9 Å². The van der Waals surface area contributed by atoms with Crippen LogP contribution in [0.15, 0.2) is 70.2 Å². The Hall–Kier alpha value is -2.61. The van der Waals surface area contributed by atoms with E-state index in [-0.39, 0.29) is 22.1 Å². The molecule has 1 heterocycles. The van der Waals surface area contributed by atoms with Gasteiger partial charge in [-0.15, -0.1) is 0 Å². The number of primary sulfonamides is 1. The quantitative estimate of drug-likeness (QED) is 0.352. The van der Waals surface area contributed by atoms with Crippen LogP contribution in [0.25, 0.3) is 0 Å².